The van der Waals surface area contributed by atoms with Gasteiger partial charge in [0.05, 0.1) is 19.9 Å². The first-order valence-electron chi connectivity index (χ1n) is 10.2. The quantitative estimate of drug-likeness (QED) is 0.386. The van der Waals surface area contributed by atoms with Crippen molar-refractivity contribution in [3.8, 4) is 11.5 Å². The predicted molar refractivity (Wildman–Crippen MR) is 123 cm³/mol. The number of nitrogens with zero attached hydrogens (tertiary/aromatic N) is 1. The Bertz CT molecular complexity index is 1130. The molecular weight excluding hydrogens is 425 g/mol. The summed E-state index contributed by atoms with van der Waals surface area (Å²) >= 11 is 0. The number of rotatable bonds is 9. The van der Waals surface area contributed by atoms with Crippen LogP contribution < -0.4 is 20.2 Å². The van der Waals surface area contributed by atoms with Crippen molar-refractivity contribution in [2.75, 3.05) is 13.7 Å². The molecule has 0 bridgehead atoms. The number of aryl methyl sites for hydroxylation is 1. The third-order valence-corrected chi connectivity index (χ3v) is 4.62. The molecule has 3 aromatic rings. The van der Waals surface area contributed by atoms with Crippen LogP contribution in [0.2, 0.25) is 0 Å². The zero-order chi connectivity index (χ0) is 23.6. The Hall–Kier alpha value is -4.20. The highest BCUT2D eigenvalue weighted by Gasteiger charge is 2.08. The second-order valence-electron chi connectivity index (χ2n) is 7.17. The maximum atomic E-state index is 13.0. The van der Waals surface area contributed by atoms with Crippen LogP contribution in [0, 0.1) is 12.7 Å². The van der Waals surface area contributed by atoms with E-state index in [0.29, 0.717) is 22.6 Å². The van der Waals surface area contributed by atoms with Crippen LogP contribution in [0.3, 0.4) is 0 Å². The number of methoxy groups -OCH3 is 1. The molecule has 0 fully saturated rings. The Morgan fingerprint density at radius 2 is 1.73 bits per heavy atom. The summed E-state index contributed by atoms with van der Waals surface area (Å²) in [5.41, 5.74) is 5.38. The van der Waals surface area contributed by atoms with E-state index in [2.05, 4.69) is 15.8 Å². The van der Waals surface area contributed by atoms with Gasteiger partial charge in [-0.05, 0) is 60.5 Å². The number of ether oxygens (including phenoxy) is 2. The number of hydrogen-bond acceptors (Lipinski definition) is 5. The fourth-order valence-electron chi connectivity index (χ4n) is 2.81. The van der Waals surface area contributed by atoms with Crippen molar-refractivity contribution in [3.05, 3.63) is 94.8 Å². The van der Waals surface area contributed by atoms with Crippen LogP contribution in [0.1, 0.15) is 27.0 Å². The molecule has 2 amide bonds. The Labute approximate surface area is 191 Å². The standard InChI is InChI=1S/C25H24FN3O4/c1-17-3-8-20(9-4-17)25(31)27-15-24(30)29-28-14-19-7-12-22(23(13-19)32-2)33-16-18-5-10-21(26)11-6-18/h3-14H,15-16H2,1-2H3,(H,27,31)(H,29,30)/b28-14+. The van der Waals surface area contributed by atoms with Gasteiger partial charge < -0.3 is 14.8 Å². The molecule has 0 unspecified atom stereocenters. The van der Waals surface area contributed by atoms with Crippen molar-refractivity contribution in [1.29, 1.82) is 0 Å². The van der Waals surface area contributed by atoms with E-state index in [9.17, 15) is 14.0 Å². The summed E-state index contributed by atoms with van der Waals surface area (Å²) in [6.07, 6.45) is 1.45. The summed E-state index contributed by atoms with van der Waals surface area (Å²) in [4.78, 5) is 24.0. The molecule has 2 N–H and O–H groups in total. The lowest BCUT2D eigenvalue weighted by molar-refractivity contribution is -0.120. The molecule has 0 saturated heterocycles. The van der Waals surface area contributed by atoms with Gasteiger partial charge >= 0.3 is 0 Å². The first-order chi connectivity index (χ1) is 15.9. The molecule has 0 heterocycles. The predicted octanol–water partition coefficient (Wildman–Crippen LogP) is 3.60. The van der Waals surface area contributed by atoms with Gasteiger partial charge in [0.25, 0.3) is 11.8 Å². The van der Waals surface area contributed by atoms with Gasteiger partial charge in [-0.25, -0.2) is 9.82 Å². The number of hydrogen-bond donors (Lipinski definition) is 2. The number of benzene rings is 3. The lowest BCUT2D eigenvalue weighted by Gasteiger charge is -2.11. The number of hydrazone groups is 1. The van der Waals surface area contributed by atoms with Crippen LogP contribution in [0.4, 0.5) is 4.39 Å². The van der Waals surface area contributed by atoms with E-state index in [1.807, 2.05) is 19.1 Å². The Kier molecular flexibility index (Phi) is 8.13. The van der Waals surface area contributed by atoms with E-state index < -0.39 is 5.91 Å². The molecule has 8 heteroatoms. The molecule has 0 aliphatic heterocycles. The van der Waals surface area contributed by atoms with Crippen molar-refractivity contribution < 1.29 is 23.5 Å². The van der Waals surface area contributed by atoms with Crippen LogP contribution in [-0.4, -0.2) is 31.7 Å². The summed E-state index contributed by atoms with van der Waals surface area (Å²) < 4.78 is 24.1. The highest BCUT2D eigenvalue weighted by atomic mass is 19.1. The van der Waals surface area contributed by atoms with Crippen molar-refractivity contribution >= 4 is 18.0 Å². The van der Waals surface area contributed by atoms with Crippen molar-refractivity contribution in [1.82, 2.24) is 10.7 Å². The molecule has 0 aliphatic carbocycles. The summed E-state index contributed by atoms with van der Waals surface area (Å²) in [5, 5.41) is 6.44. The van der Waals surface area contributed by atoms with Gasteiger partial charge in [0.2, 0.25) is 0 Å². The van der Waals surface area contributed by atoms with Gasteiger partial charge in [-0.1, -0.05) is 29.8 Å². The van der Waals surface area contributed by atoms with Gasteiger partial charge in [-0.2, -0.15) is 5.10 Å². The van der Waals surface area contributed by atoms with E-state index in [4.69, 9.17) is 9.47 Å². The van der Waals surface area contributed by atoms with E-state index in [1.54, 1.807) is 42.5 Å². The molecule has 3 aromatic carbocycles. The lowest BCUT2D eigenvalue weighted by Crippen LogP contribution is -2.34. The maximum absolute atomic E-state index is 13.0. The second-order valence-corrected chi connectivity index (χ2v) is 7.17. The summed E-state index contributed by atoms with van der Waals surface area (Å²) in [6.45, 7) is 1.98. The smallest absolute Gasteiger partial charge is 0.259 e. The summed E-state index contributed by atoms with van der Waals surface area (Å²) in [5.74, 6) is -0.103. The molecule has 3 rings (SSSR count). The van der Waals surface area contributed by atoms with Crippen molar-refractivity contribution in [2.24, 2.45) is 5.10 Å². The summed E-state index contributed by atoms with van der Waals surface area (Å²) in [7, 11) is 1.51. The number of nitrogens with one attached hydrogen (secondary N) is 2. The van der Waals surface area contributed by atoms with Crippen LogP contribution in [0.25, 0.3) is 0 Å². The maximum Gasteiger partial charge on any atom is 0.259 e. The number of carbonyl (C=O) groups is 2. The van der Waals surface area contributed by atoms with Crippen LogP contribution in [0.15, 0.2) is 71.8 Å². The van der Waals surface area contributed by atoms with E-state index in [1.165, 1.54) is 25.5 Å². The minimum absolute atomic E-state index is 0.205. The first kappa shape index (κ1) is 23.5. The van der Waals surface area contributed by atoms with Crippen LogP contribution >= 0.6 is 0 Å². The van der Waals surface area contributed by atoms with Crippen molar-refractivity contribution in [3.63, 3.8) is 0 Å². The third kappa shape index (κ3) is 7.17. The highest BCUT2D eigenvalue weighted by Crippen LogP contribution is 2.28. The second kappa shape index (κ2) is 11.4. The largest absolute Gasteiger partial charge is 0.493 e. The fraction of sp³-hybridized carbons (Fsp3) is 0.160. The number of carbonyl (C=O) groups excluding carboxylic acids is 2. The number of amides is 2. The summed E-state index contributed by atoms with van der Waals surface area (Å²) in [6, 6.07) is 18.2. The molecule has 33 heavy (non-hydrogen) atoms. The molecular formula is C25H24FN3O4. The third-order valence-electron chi connectivity index (χ3n) is 4.62. The molecule has 0 saturated carbocycles. The average molecular weight is 449 g/mol. The first-order valence-corrected chi connectivity index (χ1v) is 10.2. The van der Waals surface area contributed by atoms with Gasteiger partial charge in [0.1, 0.15) is 12.4 Å². The SMILES string of the molecule is COc1cc(/C=N/NC(=O)CNC(=O)c2ccc(C)cc2)ccc1OCc1ccc(F)cc1. The molecule has 0 spiro atoms. The van der Waals surface area contributed by atoms with Gasteiger partial charge in [-0.3, -0.25) is 9.59 Å². The topological polar surface area (TPSA) is 89.0 Å². The molecule has 0 atom stereocenters. The molecule has 7 nitrogen and oxygen atoms in total. The normalized spacial score (nSPS) is 10.6. The van der Waals surface area contributed by atoms with E-state index in [0.717, 1.165) is 11.1 Å². The Balaban J connectivity index is 1.49. The van der Waals surface area contributed by atoms with Gasteiger partial charge in [-0.15, -0.1) is 0 Å². The average Bonchev–Trinajstić information content (AvgIpc) is 2.83. The zero-order valence-corrected chi connectivity index (χ0v) is 18.3. The van der Waals surface area contributed by atoms with Crippen molar-refractivity contribution in [2.45, 2.75) is 13.5 Å². The van der Waals surface area contributed by atoms with Gasteiger partial charge in [0.15, 0.2) is 11.5 Å². The molecule has 0 aromatic heterocycles. The lowest BCUT2D eigenvalue weighted by atomic mass is 10.1. The van der Waals surface area contributed by atoms with Crippen LogP contribution in [0.5, 0.6) is 11.5 Å². The Morgan fingerprint density at radius 3 is 2.42 bits per heavy atom. The van der Waals surface area contributed by atoms with Crippen LogP contribution in [-0.2, 0) is 11.4 Å². The monoisotopic (exact) mass is 449 g/mol. The fourth-order valence-corrected chi connectivity index (χ4v) is 2.81. The molecule has 0 aliphatic rings. The zero-order valence-electron chi connectivity index (χ0n) is 18.3. The highest BCUT2D eigenvalue weighted by molar-refractivity contribution is 5.96. The van der Waals surface area contributed by atoms with E-state index in [-0.39, 0.29) is 24.9 Å². The minimum Gasteiger partial charge on any atom is -0.493 e. The minimum atomic E-state index is -0.460. The number of halogens is 1. The Morgan fingerprint density at radius 1 is 1.00 bits per heavy atom. The molecule has 0 radical (unpaired) electrons. The molecule has 170 valence electrons. The van der Waals surface area contributed by atoms with Gasteiger partial charge in [0, 0.05) is 5.56 Å². The van der Waals surface area contributed by atoms with E-state index >= 15 is 0 Å².